The number of aromatic nitrogens is 2. The van der Waals surface area contributed by atoms with Gasteiger partial charge in [0.1, 0.15) is 11.8 Å². The fourth-order valence-corrected chi connectivity index (χ4v) is 1.41. The number of hydrogen-bond acceptors (Lipinski definition) is 3. The summed E-state index contributed by atoms with van der Waals surface area (Å²) >= 11 is 0. The summed E-state index contributed by atoms with van der Waals surface area (Å²) in [5.41, 5.74) is 1.59. The Labute approximate surface area is 100 Å². The van der Waals surface area contributed by atoms with E-state index in [-0.39, 0.29) is 12.4 Å². The van der Waals surface area contributed by atoms with E-state index in [0.717, 1.165) is 5.69 Å². The Hall–Kier alpha value is -1.99. The molecule has 0 saturated carbocycles. The van der Waals surface area contributed by atoms with Crippen molar-refractivity contribution in [1.29, 1.82) is 5.26 Å². The smallest absolute Gasteiger partial charge is 0.140 e. The first-order valence-corrected chi connectivity index (χ1v) is 4.54. The van der Waals surface area contributed by atoms with Gasteiger partial charge >= 0.3 is 0 Å². The monoisotopic (exact) mass is 234 g/mol. The summed E-state index contributed by atoms with van der Waals surface area (Å²) in [6, 6.07) is 9.53. The molecule has 2 heterocycles. The molecule has 0 atom stereocenters. The van der Waals surface area contributed by atoms with Crippen LogP contribution in [0.5, 0.6) is 0 Å². The van der Waals surface area contributed by atoms with E-state index in [2.05, 4.69) is 11.1 Å². The first-order valence-electron chi connectivity index (χ1n) is 4.54. The molecule has 0 spiro atoms. The van der Waals surface area contributed by atoms with Crippen LogP contribution in [0, 0.1) is 11.3 Å². The highest BCUT2D eigenvalue weighted by molar-refractivity contribution is 5.85. The maximum absolute atomic E-state index is 8.89. The van der Waals surface area contributed by atoms with Gasteiger partial charge in [-0.2, -0.15) is 5.26 Å². The van der Waals surface area contributed by atoms with Crippen molar-refractivity contribution in [3.05, 3.63) is 48.5 Å². The summed E-state index contributed by atoms with van der Waals surface area (Å²) in [4.78, 5) is 3.95. The van der Waals surface area contributed by atoms with Crippen molar-refractivity contribution in [2.24, 2.45) is 0 Å². The second-order valence-electron chi connectivity index (χ2n) is 3.08. The lowest BCUT2D eigenvalue weighted by atomic mass is 10.4. The molecule has 2 aromatic heterocycles. The fraction of sp³-hybridized carbons (Fsp3) is 0.0909. The van der Waals surface area contributed by atoms with E-state index in [4.69, 9.17) is 5.26 Å². The zero-order chi connectivity index (χ0) is 10.7. The van der Waals surface area contributed by atoms with E-state index in [1.165, 1.54) is 0 Å². The Kier molecular flexibility index (Phi) is 3.92. The molecule has 2 rings (SSSR count). The van der Waals surface area contributed by atoms with E-state index in [0.29, 0.717) is 5.69 Å². The molecule has 0 aromatic carbocycles. The summed E-state index contributed by atoms with van der Waals surface area (Å²) < 4.78 is 1.79. The van der Waals surface area contributed by atoms with Crippen LogP contribution in [0.2, 0.25) is 0 Å². The lowest BCUT2D eigenvalue weighted by Gasteiger charge is -2.21. The van der Waals surface area contributed by atoms with Gasteiger partial charge < -0.3 is 0 Å². The largest absolute Gasteiger partial charge is 0.284 e. The minimum Gasteiger partial charge on any atom is -0.284 e. The first kappa shape index (κ1) is 12.1. The number of pyridine rings is 1. The van der Waals surface area contributed by atoms with Gasteiger partial charge in [-0.1, -0.05) is 0 Å². The number of rotatable bonds is 2. The second kappa shape index (κ2) is 5.19. The average molecular weight is 235 g/mol. The van der Waals surface area contributed by atoms with Crippen LogP contribution in [0.25, 0.3) is 0 Å². The number of nitriles is 1. The highest BCUT2D eigenvalue weighted by atomic mass is 35.5. The van der Waals surface area contributed by atoms with E-state index in [1.54, 1.807) is 23.1 Å². The molecule has 0 amide bonds. The van der Waals surface area contributed by atoms with Crippen LogP contribution in [0.3, 0.4) is 0 Å². The van der Waals surface area contributed by atoms with E-state index < -0.39 is 0 Å². The van der Waals surface area contributed by atoms with Gasteiger partial charge in [-0.15, -0.1) is 12.4 Å². The molecule has 5 heteroatoms. The Bertz CT molecular complexity index is 486. The van der Waals surface area contributed by atoms with Crippen LogP contribution < -0.4 is 5.01 Å². The minimum atomic E-state index is 0. The molecule has 0 saturated heterocycles. The van der Waals surface area contributed by atoms with Gasteiger partial charge in [0.15, 0.2) is 0 Å². The summed E-state index contributed by atoms with van der Waals surface area (Å²) in [6.07, 6.45) is 5.29. The lowest BCUT2D eigenvalue weighted by molar-refractivity contribution is 0.768. The highest BCUT2D eigenvalue weighted by Crippen LogP contribution is 2.13. The van der Waals surface area contributed by atoms with Crippen molar-refractivity contribution in [2.45, 2.75) is 0 Å². The molecular formula is C11H11ClN4. The molecule has 2 aromatic rings. The molecular weight excluding hydrogens is 224 g/mol. The van der Waals surface area contributed by atoms with Gasteiger partial charge in [0.25, 0.3) is 0 Å². The van der Waals surface area contributed by atoms with Crippen molar-refractivity contribution in [1.82, 2.24) is 9.66 Å². The summed E-state index contributed by atoms with van der Waals surface area (Å²) in [6.45, 7) is 0. The fourth-order valence-electron chi connectivity index (χ4n) is 1.41. The average Bonchev–Trinajstić information content (AvgIpc) is 2.77. The molecule has 0 radical (unpaired) electrons. The minimum absolute atomic E-state index is 0. The molecule has 16 heavy (non-hydrogen) atoms. The quantitative estimate of drug-likeness (QED) is 0.799. The maximum atomic E-state index is 8.89. The van der Waals surface area contributed by atoms with Crippen LogP contribution >= 0.6 is 12.4 Å². The van der Waals surface area contributed by atoms with Gasteiger partial charge in [-0.05, 0) is 24.3 Å². The van der Waals surface area contributed by atoms with Crippen molar-refractivity contribution in [3.63, 3.8) is 0 Å². The normalized spacial score (nSPS) is 9.00. The van der Waals surface area contributed by atoms with Crippen LogP contribution in [-0.4, -0.2) is 16.7 Å². The number of hydrogen-bond donors (Lipinski definition) is 0. The third-order valence-electron chi connectivity index (χ3n) is 2.20. The Morgan fingerprint density at radius 1 is 1.31 bits per heavy atom. The Morgan fingerprint density at radius 2 is 2.00 bits per heavy atom. The predicted octanol–water partition coefficient (Wildman–Crippen LogP) is 2.08. The summed E-state index contributed by atoms with van der Waals surface area (Å²) in [5, 5.41) is 10.8. The Morgan fingerprint density at radius 3 is 2.62 bits per heavy atom. The van der Waals surface area contributed by atoms with Crippen LogP contribution in [0.4, 0.5) is 5.69 Å². The Balaban J connectivity index is 0.00000128. The molecule has 0 aliphatic carbocycles. The third-order valence-corrected chi connectivity index (χ3v) is 2.20. The van der Waals surface area contributed by atoms with Gasteiger partial charge in [0.05, 0.1) is 5.69 Å². The molecule has 82 valence electrons. The standard InChI is InChI=1S/C11H10N4.ClH/c1-14(10-4-6-13-7-5-10)15-8-2-3-11(15)9-12;/h2-8H,1H3;1H. The molecule has 0 bridgehead atoms. The van der Waals surface area contributed by atoms with Crippen LogP contribution in [0.1, 0.15) is 5.69 Å². The van der Waals surface area contributed by atoms with Gasteiger partial charge in [-0.3, -0.25) is 14.7 Å². The molecule has 0 aliphatic heterocycles. The van der Waals surface area contributed by atoms with Crippen molar-refractivity contribution >= 4 is 18.1 Å². The third kappa shape index (κ3) is 2.15. The molecule has 0 fully saturated rings. The zero-order valence-corrected chi connectivity index (χ0v) is 9.56. The van der Waals surface area contributed by atoms with Gasteiger partial charge in [0.2, 0.25) is 0 Å². The summed E-state index contributed by atoms with van der Waals surface area (Å²) in [7, 11) is 1.90. The zero-order valence-electron chi connectivity index (χ0n) is 8.74. The molecule has 0 aliphatic rings. The van der Waals surface area contributed by atoms with Gasteiger partial charge in [0, 0.05) is 25.6 Å². The van der Waals surface area contributed by atoms with E-state index >= 15 is 0 Å². The summed E-state index contributed by atoms with van der Waals surface area (Å²) in [5.74, 6) is 0. The van der Waals surface area contributed by atoms with Crippen molar-refractivity contribution in [2.75, 3.05) is 12.1 Å². The first-order chi connectivity index (χ1) is 7.33. The van der Waals surface area contributed by atoms with Crippen LogP contribution in [-0.2, 0) is 0 Å². The topological polar surface area (TPSA) is 44.9 Å². The highest BCUT2D eigenvalue weighted by Gasteiger charge is 2.05. The van der Waals surface area contributed by atoms with Gasteiger partial charge in [-0.25, -0.2) is 0 Å². The van der Waals surface area contributed by atoms with E-state index in [1.807, 2.05) is 36.5 Å². The van der Waals surface area contributed by atoms with Crippen molar-refractivity contribution in [3.8, 4) is 6.07 Å². The number of anilines is 1. The second-order valence-corrected chi connectivity index (χ2v) is 3.08. The van der Waals surface area contributed by atoms with Crippen molar-refractivity contribution < 1.29 is 0 Å². The number of nitrogens with zero attached hydrogens (tertiary/aromatic N) is 4. The molecule has 4 nitrogen and oxygen atoms in total. The predicted molar refractivity (Wildman–Crippen MR) is 64.4 cm³/mol. The van der Waals surface area contributed by atoms with E-state index in [9.17, 15) is 0 Å². The lowest BCUT2D eigenvalue weighted by Crippen LogP contribution is -2.24. The van der Waals surface area contributed by atoms with Crippen LogP contribution in [0.15, 0.2) is 42.9 Å². The SMILES string of the molecule is CN(c1ccncc1)n1cccc1C#N.Cl. The number of halogens is 1. The molecule has 0 unspecified atom stereocenters. The maximum Gasteiger partial charge on any atom is 0.140 e. The molecule has 0 N–H and O–H groups in total.